The summed E-state index contributed by atoms with van der Waals surface area (Å²) < 4.78 is 26.8. The number of halogens is 1. The third-order valence-corrected chi connectivity index (χ3v) is 10.1. The maximum Gasteiger partial charge on any atom is 0.274 e. The van der Waals surface area contributed by atoms with Crippen molar-refractivity contribution in [1.29, 1.82) is 0 Å². The molecule has 0 aromatic heterocycles. The minimum atomic E-state index is -3.97. The first-order valence-electron chi connectivity index (χ1n) is 14.3. The number of non-ortho nitro benzene ring substituents is 2. The van der Waals surface area contributed by atoms with Gasteiger partial charge < -0.3 is 0 Å². The highest BCUT2D eigenvalue weighted by atomic mass is 35.5. The molecule has 46 heavy (non-hydrogen) atoms. The van der Waals surface area contributed by atoms with Crippen LogP contribution in [0.5, 0.6) is 0 Å². The van der Waals surface area contributed by atoms with E-state index in [9.17, 15) is 33.4 Å². The van der Waals surface area contributed by atoms with Gasteiger partial charge in [0.1, 0.15) is 0 Å². The van der Waals surface area contributed by atoms with E-state index in [1.807, 2.05) is 6.08 Å². The van der Waals surface area contributed by atoms with Gasteiger partial charge in [0.2, 0.25) is 9.84 Å². The zero-order chi connectivity index (χ0) is 32.6. The fraction of sp³-hybridized carbons (Fsp3) is 0.152. The van der Waals surface area contributed by atoms with Crippen molar-refractivity contribution in [3.8, 4) is 0 Å². The molecule has 1 aliphatic heterocycles. The Morgan fingerprint density at radius 1 is 0.870 bits per heavy atom. The van der Waals surface area contributed by atoms with Gasteiger partial charge in [-0.15, -0.1) is 0 Å². The normalized spacial score (nSPS) is 18.6. The Morgan fingerprint density at radius 3 is 2.13 bits per heavy atom. The molecular weight excluding hydrogens is 632 g/mol. The van der Waals surface area contributed by atoms with Gasteiger partial charge in [0, 0.05) is 40.8 Å². The molecule has 0 N–H and O–H groups in total. The molecule has 1 aliphatic carbocycles. The number of benzene rings is 4. The van der Waals surface area contributed by atoms with Crippen LogP contribution in [0.3, 0.4) is 0 Å². The van der Waals surface area contributed by atoms with E-state index < -0.39 is 31.6 Å². The lowest BCUT2D eigenvalue weighted by molar-refractivity contribution is -0.385. The zero-order valence-electron chi connectivity index (χ0n) is 24.0. The number of amides is 1. The van der Waals surface area contributed by atoms with Crippen molar-refractivity contribution in [2.24, 2.45) is 11.0 Å². The van der Waals surface area contributed by atoms with Crippen molar-refractivity contribution in [2.75, 3.05) is 0 Å². The van der Waals surface area contributed by atoms with Crippen molar-refractivity contribution in [3.05, 3.63) is 145 Å². The largest absolute Gasteiger partial charge is 0.274 e. The van der Waals surface area contributed by atoms with E-state index in [-0.39, 0.29) is 32.6 Å². The number of nitro groups is 2. The van der Waals surface area contributed by atoms with Gasteiger partial charge >= 0.3 is 0 Å². The van der Waals surface area contributed by atoms with E-state index in [0.29, 0.717) is 29.1 Å². The Labute approximate surface area is 268 Å². The zero-order valence-corrected chi connectivity index (χ0v) is 25.6. The topological polar surface area (TPSA) is 153 Å². The summed E-state index contributed by atoms with van der Waals surface area (Å²) >= 11 is 5.94. The fourth-order valence-corrected chi connectivity index (χ4v) is 7.30. The highest BCUT2D eigenvalue weighted by molar-refractivity contribution is 7.91. The molecule has 1 amide bonds. The number of nitrogens with zero attached hydrogens (tertiary/aromatic N) is 4. The lowest BCUT2D eigenvalue weighted by Crippen LogP contribution is -2.32. The fourth-order valence-electron chi connectivity index (χ4n) is 5.87. The molecule has 4 aromatic rings. The first-order valence-corrected chi connectivity index (χ1v) is 16.1. The van der Waals surface area contributed by atoms with Gasteiger partial charge in [-0.1, -0.05) is 29.8 Å². The smallest absolute Gasteiger partial charge is 0.267 e. The highest BCUT2D eigenvalue weighted by Gasteiger charge is 2.44. The van der Waals surface area contributed by atoms with Gasteiger partial charge in [-0.25, -0.2) is 13.4 Å². The lowest BCUT2D eigenvalue weighted by Gasteiger charge is -2.29. The average Bonchev–Trinajstić information content (AvgIpc) is 3.45. The van der Waals surface area contributed by atoms with Crippen LogP contribution in [-0.2, 0) is 9.84 Å². The molecule has 0 spiro atoms. The molecule has 0 bridgehead atoms. The predicted molar refractivity (Wildman–Crippen MR) is 171 cm³/mol. The second-order valence-electron chi connectivity index (χ2n) is 10.9. The SMILES string of the molecule is O=C(c1cccc(S(=O)(=O)c2ccc(Cl)cc2)c1)N1N=C2/C(=C\c3ccc([N+](=O)[O-])cc3)CCC[C@H]2[C@@H]1c1ccc([N+](=O)[O-])cc1. The first-order chi connectivity index (χ1) is 22.0. The minimum absolute atomic E-state index is 0.0266. The van der Waals surface area contributed by atoms with Gasteiger partial charge in [0.25, 0.3) is 17.3 Å². The van der Waals surface area contributed by atoms with E-state index in [1.54, 1.807) is 24.3 Å². The Morgan fingerprint density at radius 2 is 1.50 bits per heavy atom. The standard InChI is InChI=1S/C33H25ClN4O7S/c34-25-11-17-28(18-12-25)46(44,45)29-5-1-4-24(20-29)33(39)36-32(22-9-15-27(16-10-22)38(42)43)30-6-2-3-23(31(30)35-36)19-21-7-13-26(14-8-21)37(40)41/h1,4-5,7-20,30,32H,2-3,6H2/b23-19-/t30-,32+/m1/s1. The first kappa shape index (κ1) is 30.8. The van der Waals surface area contributed by atoms with Crippen molar-refractivity contribution in [1.82, 2.24) is 5.01 Å². The van der Waals surface area contributed by atoms with Crippen molar-refractivity contribution in [3.63, 3.8) is 0 Å². The third-order valence-electron chi connectivity index (χ3n) is 8.12. The molecule has 13 heteroatoms. The van der Waals surface area contributed by atoms with Crippen LogP contribution in [0.2, 0.25) is 5.02 Å². The van der Waals surface area contributed by atoms with Gasteiger partial charge in [-0.2, -0.15) is 5.10 Å². The highest BCUT2D eigenvalue weighted by Crippen LogP contribution is 2.45. The van der Waals surface area contributed by atoms with E-state index in [0.717, 1.165) is 17.6 Å². The molecular formula is C33H25ClN4O7S. The van der Waals surface area contributed by atoms with Crippen LogP contribution in [0.25, 0.3) is 6.08 Å². The molecule has 0 saturated heterocycles. The number of hydrazone groups is 1. The Hall–Kier alpha value is -5.20. The van der Waals surface area contributed by atoms with Crippen molar-refractivity contribution < 1.29 is 23.1 Å². The minimum Gasteiger partial charge on any atom is -0.267 e. The van der Waals surface area contributed by atoms with E-state index in [4.69, 9.17) is 16.7 Å². The van der Waals surface area contributed by atoms with Crippen LogP contribution in [0.4, 0.5) is 11.4 Å². The molecule has 0 unspecified atom stereocenters. The Kier molecular flexibility index (Phi) is 8.24. The lowest BCUT2D eigenvalue weighted by atomic mass is 9.77. The second-order valence-corrected chi connectivity index (χ2v) is 13.3. The van der Waals surface area contributed by atoms with Crippen LogP contribution in [0.1, 0.15) is 46.8 Å². The molecule has 1 fully saturated rings. The molecule has 6 rings (SSSR count). The van der Waals surface area contributed by atoms with Crippen LogP contribution in [0.15, 0.2) is 118 Å². The van der Waals surface area contributed by atoms with Gasteiger partial charge in [-0.05, 0) is 96.6 Å². The van der Waals surface area contributed by atoms with Crippen LogP contribution >= 0.6 is 11.6 Å². The van der Waals surface area contributed by atoms with Gasteiger partial charge in [0.15, 0.2) is 0 Å². The molecule has 1 saturated carbocycles. The summed E-state index contributed by atoms with van der Waals surface area (Å²) in [7, 11) is -3.97. The van der Waals surface area contributed by atoms with E-state index >= 15 is 0 Å². The van der Waals surface area contributed by atoms with Crippen molar-refractivity contribution >= 4 is 50.5 Å². The summed E-state index contributed by atoms with van der Waals surface area (Å²) in [5, 5.41) is 29.0. The van der Waals surface area contributed by atoms with Crippen LogP contribution in [0, 0.1) is 26.1 Å². The predicted octanol–water partition coefficient (Wildman–Crippen LogP) is 7.43. The number of allylic oxidation sites excluding steroid dienone is 1. The summed E-state index contributed by atoms with van der Waals surface area (Å²) in [5.41, 5.74) is 2.90. The summed E-state index contributed by atoms with van der Waals surface area (Å²) in [6, 6.07) is 23.0. The second kappa shape index (κ2) is 12.3. The number of nitro benzene ring substituents is 2. The van der Waals surface area contributed by atoms with Gasteiger partial charge in [-0.3, -0.25) is 25.0 Å². The molecule has 4 aromatic carbocycles. The Balaban J connectivity index is 1.40. The maximum atomic E-state index is 14.2. The molecule has 11 nitrogen and oxygen atoms in total. The molecule has 2 atom stereocenters. The summed E-state index contributed by atoms with van der Waals surface area (Å²) in [6.45, 7) is 0. The average molecular weight is 657 g/mol. The van der Waals surface area contributed by atoms with Crippen LogP contribution in [-0.4, -0.2) is 34.9 Å². The number of hydrogen-bond donors (Lipinski definition) is 0. The summed E-state index contributed by atoms with van der Waals surface area (Å²) in [5.74, 6) is -0.780. The van der Waals surface area contributed by atoms with Crippen molar-refractivity contribution in [2.45, 2.75) is 35.1 Å². The molecule has 0 radical (unpaired) electrons. The third kappa shape index (κ3) is 5.92. The monoisotopic (exact) mass is 656 g/mol. The molecule has 2 aliphatic rings. The number of hydrogen-bond acceptors (Lipinski definition) is 8. The number of sulfone groups is 1. The molecule has 1 heterocycles. The maximum absolute atomic E-state index is 14.2. The Bertz CT molecular complexity index is 2030. The summed E-state index contributed by atoms with van der Waals surface area (Å²) in [6.07, 6.45) is 4.03. The number of fused-ring (bicyclic) bond motifs is 1. The molecule has 232 valence electrons. The van der Waals surface area contributed by atoms with Gasteiger partial charge in [0.05, 0.1) is 31.4 Å². The quantitative estimate of drug-likeness (QED) is 0.148. The number of carbonyl (C=O) groups excluding carboxylic acids is 1. The van der Waals surface area contributed by atoms with Crippen LogP contribution < -0.4 is 0 Å². The number of rotatable bonds is 7. The van der Waals surface area contributed by atoms with E-state index in [1.165, 1.54) is 77.8 Å². The number of carbonyl (C=O) groups is 1. The van der Waals surface area contributed by atoms with E-state index in [2.05, 4.69) is 0 Å². The summed E-state index contributed by atoms with van der Waals surface area (Å²) in [4.78, 5) is 35.6.